The minimum Gasteiger partial charge on any atom is -0.253 e. The summed E-state index contributed by atoms with van der Waals surface area (Å²) in [6.45, 7) is 4.18. The second-order valence-electron chi connectivity index (χ2n) is 4.20. The molecule has 0 amide bonds. The highest BCUT2D eigenvalue weighted by Crippen LogP contribution is 2.24. The van der Waals surface area contributed by atoms with Gasteiger partial charge in [-0.25, -0.2) is 0 Å². The summed E-state index contributed by atoms with van der Waals surface area (Å²) in [4.78, 5) is 4.47. The molecule has 1 nitrogen and oxygen atoms in total. The highest BCUT2D eigenvalue weighted by Gasteiger charge is 2.03. The minimum absolute atomic E-state index is 0.806. The van der Waals surface area contributed by atoms with Crippen LogP contribution in [0.25, 0.3) is 10.9 Å². The largest absolute Gasteiger partial charge is 0.253 e. The fourth-order valence-electron chi connectivity index (χ4n) is 1.89. The molecule has 1 aromatic heterocycles. The van der Waals surface area contributed by atoms with E-state index in [-0.39, 0.29) is 0 Å². The number of nitrogens with zero attached hydrogens (tertiary/aromatic N) is 1. The van der Waals surface area contributed by atoms with Gasteiger partial charge >= 0.3 is 0 Å². The topological polar surface area (TPSA) is 12.9 Å². The lowest BCUT2D eigenvalue weighted by Crippen LogP contribution is -1.88. The molecule has 84 valence electrons. The molecule has 0 N–H and O–H groups in total. The van der Waals surface area contributed by atoms with Gasteiger partial charge in [0, 0.05) is 11.1 Å². The van der Waals surface area contributed by atoms with Gasteiger partial charge in [-0.2, -0.15) is 0 Å². The maximum atomic E-state index is 6.23. The molecule has 0 spiro atoms. The molecule has 0 radical (unpaired) electrons. The van der Waals surface area contributed by atoms with E-state index in [0.717, 1.165) is 28.0 Å². The Labute approximate surface area is 101 Å². The Hall–Kier alpha value is -1.08. The summed E-state index contributed by atoms with van der Waals surface area (Å²) in [5, 5.41) is 1.88. The van der Waals surface area contributed by atoms with E-state index in [9.17, 15) is 0 Å². The van der Waals surface area contributed by atoms with E-state index < -0.39 is 0 Å². The van der Waals surface area contributed by atoms with E-state index in [1.165, 1.54) is 18.4 Å². The molecule has 0 saturated heterocycles. The molecule has 0 aliphatic rings. The van der Waals surface area contributed by atoms with Crippen molar-refractivity contribution in [2.75, 3.05) is 0 Å². The monoisotopic (exact) mass is 233 g/mol. The summed E-state index contributed by atoms with van der Waals surface area (Å²) in [7, 11) is 0. The maximum absolute atomic E-state index is 6.23. The van der Waals surface area contributed by atoms with Crippen molar-refractivity contribution in [3.05, 3.63) is 40.5 Å². The van der Waals surface area contributed by atoms with Crippen molar-refractivity contribution >= 4 is 22.5 Å². The first kappa shape index (κ1) is 11.4. The standard InChI is InChI=1S/C14H16ClN/c1-3-4-5-11-6-7-14-12(9-11)13(15)8-10(2)16-14/h6-9H,3-5H2,1-2H3. The van der Waals surface area contributed by atoms with Crippen LogP contribution in [0.5, 0.6) is 0 Å². The first-order valence-corrected chi connectivity index (χ1v) is 6.14. The summed E-state index contributed by atoms with van der Waals surface area (Å²) in [6, 6.07) is 8.31. The molecule has 2 aromatic rings. The smallest absolute Gasteiger partial charge is 0.0720 e. The molecular weight excluding hydrogens is 218 g/mol. The first-order valence-electron chi connectivity index (χ1n) is 5.76. The fourth-order valence-corrected chi connectivity index (χ4v) is 2.20. The van der Waals surface area contributed by atoms with Crippen molar-refractivity contribution in [3.8, 4) is 0 Å². The van der Waals surface area contributed by atoms with Crippen LogP contribution in [0.1, 0.15) is 31.0 Å². The zero-order chi connectivity index (χ0) is 11.5. The van der Waals surface area contributed by atoms with Crippen LogP contribution in [0, 0.1) is 6.92 Å². The number of aromatic nitrogens is 1. The lowest BCUT2D eigenvalue weighted by molar-refractivity contribution is 0.796. The number of halogens is 1. The zero-order valence-electron chi connectivity index (χ0n) is 9.76. The van der Waals surface area contributed by atoms with Crippen molar-refractivity contribution in [3.63, 3.8) is 0 Å². The Morgan fingerprint density at radius 1 is 1.25 bits per heavy atom. The first-order chi connectivity index (χ1) is 7.70. The Balaban J connectivity index is 2.45. The summed E-state index contributed by atoms with van der Waals surface area (Å²) in [5.41, 5.74) is 3.31. The molecule has 0 atom stereocenters. The van der Waals surface area contributed by atoms with E-state index in [2.05, 4.69) is 30.1 Å². The van der Waals surface area contributed by atoms with E-state index in [1.54, 1.807) is 0 Å². The van der Waals surface area contributed by atoms with E-state index in [1.807, 2.05) is 13.0 Å². The molecule has 2 rings (SSSR count). The third-order valence-corrected chi connectivity index (χ3v) is 3.08. The molecule has 16 heavy (non-hydrogen) atoms. The molecule has 1 aromatic carbocycles. The predicted octanol–water partition coefficient (Wildman–Crippen LogP) is 4.54. The zero-order valence-corrected chi connectivity index (χ0v) is 10.5. The Morgan fingerprint density at radius 3 is 2.81 bits per heavy atom. The van der Waals surface area contributed by atoms with Gasteiger partial charge in [0.2, 0.25) is 0 Å². The lowest BCUT2D eigenvalue weighted by atomic mass is 10.1. The van der Waals surface area contributed by atoms with Gasteiger partial charge in [-0.1, -0.05) is 31.0 Å². The highest BCUT2D eigenvalue weighted by atomic mass is 35.5. The van der Waals surface area contributed by atoms with Gasteiger partial charge in [-0.05, 0) is 43.5 Å². The van der Waals surface area contributed by atoms with Crippen LogP contribution in [0.4, 0.5) is 0 Å². The number of rotatable bonds is 3. The average molecular weight is 234 g/mol. The molecule has 0 fully saturated rings. The SMILES string of the molecule is CCCCc1ccc2nc(C)cc(Cl)c2c1. The van der Waals surface area contributed by atoms with Crippen LogP contribution in [0.2, 0.25) is 5.02 Å². The number of hydrogen-bond donors (Lipinski definition) is 0. The van der Waals surface area contributed by atoms with Crippen molar-refractivity contribution in [1.29, 1.82) is 0 Å². The molecule has 0 aliphatic carbocycles. The Bertz CT molecular complexity index is 505. The van der Waals surface area contributed by atoms with Crippen molar-refractivity contribution in [2.24, 2.45) is 0 Å². The van der Waals surface area contributed by atoms with Gasteiger partial charge in [0.25, 0.3) is 0 Å². The van der Waals surface area contributed by atoms with Crippen LogP contribution in [-0.2, 0) is 6.42 Å². The number of aryl methyl sites for hydroxylation is 2. The fraction of sp³-hybridized carbons (Fsp3) is 0.357. The van der Waals surface area contributed by atoms with Gasteiger partial charge in [0.05, 0.1) is 10.5 Å². The number of unbranched alkanes of at least 4 members (excludes halogenated alkanes) is 1. The second kappa shape index (κ2) is 4.84. The van der Waals surface area contributed by atoms with Gasteiger partial charge in [0.15, 0.2) is 0 Å². The van der Waals surface area contributed by atoms with E-state index >= 15 is 0 Å². The molecular formula is C14H16ClN. The molecule has 2 heteroatoms. The average Bonchev–Trinajstić information content (AvgIpc) is 2.26. The summed E-state index contributed by atoms with van der Waals surface area (Å²) < 4.78 is 0. The Morgan fingerprint density at radius 2 is 2.06 bits per heavy atom. The third kappa shape index (κ3) is 2.35. The molecule has 0 unspecified atom stereocenters. The summed E-state index contributed by atoms with van der Waals surface area (Å²) in [6.07, 6.45) is 3.57. The van der Waals surface area contributed by atoms with Gasteiger partial charge in [-0.3, -0.25) is 4.98 Å². The normalized spacial score (nSPS) is 10.9. The predicted molar refractivity (Wildman–Crippen MR) is 70.1 cm³/mol. The van der Waals surface area contributed by atoms with Crippen molar-refractivity contribution in [1.82, 2.24) is 4.98 Å². The van der Waals surface area contributed by atoms with Crippen LogP contribution < -0.4 is 0 Å². The van der Waals surface area contributed by atoms with Crippen LogP contribution in [-0.4, -0.2) is 4.98 Å². The minimum atomic E-state index is 0.806. The molecule has 0 bridgehead atoms. The van der Waals surface area contributed by atoms with Gasteiger partial charge in [-0.15, -0.1) is 0 Å². The summed E-state index contributed by atoms with van der Waals surface area (Å²) >= 11 is 6.23. The highest BCUT2D eigenvalue weighted by molar-refractivity contribution is 6.35. The lowest BCUT2D eigenvalue weighted by Gasteiger charge is -2.05. The van der Waals surface area contributed by atoms with Crippen molar-refractivity contribution in [2.45, 2.75) is 33.1 Å². The van der Waals surface area contributed by atoms with Gasteiger partial charge < -0.3 is 0 Å². The van der Waals surface area contributed by atoms with Gasteiger partial charge in [0.1, 0.15) is 0 Å². The second-order valence-corrected chi connectivity index (χ2v) is 4.61. The third-order valence-electron chi connectivity index (χ3n) is 2.77. The van der Waals surface area contributed by atoms with Crippen LogP contribution >= 0.6 is 11.6 Å². The molecule has 1 heterocycles. The number of pyridine rings is 1. The Kier molecular flexibility index (Phi) is 3.45. The van der Waals surface area contributed by atoms with E-state index in [4.69, 9.17) is 11.6 Å². The quantitative estimate of drug-likeness (QED) is 0.759. The number of benzene rings is 1. The van der Waals surface area contributed by atoms with Crippen LogP contribution in [0.3, 0.4) is 0 Å². The molecule has 0 aliphatic heterocycles. The summed E-state index contributed by atoms with van der Waals surface area (Å²) in [5.74, 6) is 0. The molecule has 0 saturated carbocycles. The number of hydrogen-bond acceptors (Lipinski definition) is 1. The number of fused-ring (bicyclic) bond motifs is 1. The maximum Gasteiger partial charge on any atom is 0.0720 e. The van der Waals surface area contributed by atoms with Crippen molar-refractivity contribution < 1.29 is 0 Å². The van der Waals surface area contributed by atoms with E-state index in [0.29, 0.717) is 0 Å². The van der Waals surface area contributed by atoms with Crippen LogP contribution in [0.15, 0.2) is 24.3 Å².